The van der Waals surface area contributed by atoms with Crippen molar-refractivity contribution in [2.75, 3.05) is 37.1 Å². The van der Waals surface area contributed by atoms with Gasteiger partial charge < -0.3 is 15.4 Å². The predicted molar refractivity (Wildman–Crippen MR) is 90.6 cm³/mol. The number of nitrogens with one attached hydrogen (secondary N) is 2. The lowest BCUT2D eigenvalue weighted by Crippen LogP contribution is -2.35. The van der Waals surface area contributed by atoms with Gasteiger partial charge in [0.2, 0.25) is 5.75 Å². The molecule has 1 aliphatic rings. The fourth-order valence-electron chi connectivity index (χ4n) is 2.88. The van der Waals surface area contributed by atoms with Gasteiger partial charge in [-0.15, -0.1) is 0 Å². The van der Waals surface area contributed by atoms with Gasteiger partial charge in [-0.3, -0.25) is 0 Å². The lowest BCUT2D eigenvalue weighted by molar-refractivity contribution is 0.404. The van der Waals surface area contributed by atoms with E-state index in [2.05, 4.69) is 26.9 Å². The van der Waals surface area contributed by atoms with Crippen molar-refractivity contribution in [3.05, 3.63) is 6.33 Å². The lowest BCUT2D eigenvalue weighted by atomic mass is 9.88. The smallest absolute Gasteiger partial charge is 0.204 e. The molecule has 0 saturated heterocycles. The van der Waals surface area contributed by atoms with Crippen LogP contribution < -0.4 is 15.4 Å². The van der Waals surface area contributed by atoms with E-state index >= 15 is 0 Å². The molecule has 0 atom stereocenters. The second-order valence-electron chi connectivity index (χ2n) is 5.44. The minimum Gasteiger partial charge on any atom is -0.490 e. The van der Waals surface area contributed by atoms with Crippen LogP contribution in [0.4, 0.5) is 11.6 Å². The number of aromatic nitrogens is 2. The van der Waals surface area contributed by atoms with Gasteiger partial charge in [-0.2, -0.15) is 11.8 Å². The van der Waals surface area contributed by atoms with Crippen LogP contribution in [-0.4, -0.2) is 41.2 Å². The standard InChI is InChI=1S/C15H26N4OS/c1-4-16-13-12(20-2)14(19-11-18-13)17-10-15(21-3)8-6-5-7-9-15/h11H,4-10H2,1-3H3,(H2,16,17,18,19). The second kappa shape index (κ2) is 7.73. The molecule has 0 radical (unpaired) electrons. The Labute approximate surface area is 131 Å². The zero-order valence-corrected chi connectivity index (χ0v) is 14.1. The van der Waals surface area contributed by atoms with Crippen molar-refractivity contribution in [2.45, 2.75) is 43.8 Å². The summed E-state index contributed by atoms with van der Waals surface area (Å²) >= 11 is 1.98. The fourth-order valence-corrected chi connectivity index (χ4v) is 3.79. The summed E-state index contributed by atoms with van der Waals surface area (Å²) in [6.07, 6.45) is 10.4. The Balaban J connectivity index is 2.09. The van der Waals surface area contributed by atoms with E-state index in [1.807, 2.05) is 18.7 Å². The average molecular weight is 310 g/mol. The molecule has 0 aromatic carbocycles. The molecule has 1 aliphatic carbocycles. The molecule has 2 N–H and O–H groups in total. The van der Waals surface area contributed by atoms with Crippen molar-refractivity contribution in [3.8, 4) is 5.75 Å². The van der Waals surface area contributed by atoms with Crippen molar-refractivity contribution in [1.82, 2.24) is 9.97 Å². The Morgan fingerprint density at radius 1 is 1.19 bits per heavy atom. The van der Waals surface area contributed by atoms with Gasteiger partial charge in [-0.05, 0) is 26.0 Å². The van der Waals surface area contributed by atoms with Gasteiger partial charge in [0.15, 0.2) is 11.6 Å². The summed E-state index contributed by atoms with van der Waals surface area (Å²) in [5, 5.41) is 6.70. The molecule has 1 aromatic heterocycles. The Morgan fingerprint density at radius 2 is 1.86 bits per heavy atom. The molecule has 0 bridgehead atoms. The Morgan fingerprint density at radius 3 is 2.43 bits per heavy atom. The maximum atomic E-state index is 5.48. The molecule has 6 heteroatoms. The molecule has 5 nitrogen and oxygen atoms in total. The first-order valence-electron chi connectivity index (χ1n) is 7.66. The van der Waals surface area contributed by atoms with Crippen LogP contribution in [0.3, 0.4) is 0 Å². The van der Waals surface area contributed by atoms with E-state index in [0.717, 1.165) is 24.7 Å². The minimum atomic E-state index is 0.326. The first-order chi connectivity index (χ1) is 10.2. The largest absolute Gasteiger partial charge is 0.490 e. The molecule has 0 aliphatic heterocycles. The summed E-state index contributed by atoms with van der Waals surface area (Å²) in [5.74, 6) is 2.23. The van der Waals surface area contributed by atoms with Gasteiger partial charge in [-0.25, -0.2) is 9.97 Å². The van der Waals surface area contributed by atoms with E-state index in [4.69, 9.17) is 4.74 Å². The summed E-state index contributed by atoms with van der Waals surface area (Å²) in [6.45, 7) is 3.77. The van der Waals surface area contributed by atoms with E-state index in [0.29, 0.717) is 10.5 Å². The summed E-state index contributed by atoms with van der Waals surface area (Å²) in [6, 6.07) is 0. The molecular weight excluding hydrogens is 284 g/mol. The number of hydrogen-bond acceptors (Lipinski definition) is 6. The third kappa shape index (κ3) is 3.93. The molecule has 2 rings (SSSR count). The van der Waals surface area contributed by atoms with Gasteiger partial charge in [0.25, 0.3) is 0 Å². The highest BCUT2D eigenvalue weighted by Gasteiger charge is 2.31. The van der Waals surface area contributed by atoms with Crippen LogP contribution in [0.25, 0.3) is 0 Å². The zero-order valence-electron chi connectivity index (χ0n) is 13.2. The van der Waals surface area contributed by atoms with Crippen LogP contribution in [0.5, 0.6) is 5.75 Å². The number of ether oxygens (including phenoxy) is 1. The number of rotatable bonds is 7. The quantitative estimate of drug-likeness (QED) is 0.805. The summed E-state index contributed by atoms with van der Waals surface area (Å²) in [7, 11) is 1.66. The number of nitrogens with zero attached hydrogens (tertiary/aromatic N) is 2. The van der Waals surface area contributed by atoms with Crippen molar-refractivity contribution < 1.29 is 4.74 Å². The molecule has 0 amide bonds. The van der Waals surface area contributed by atoms with Crippen LogP contribution in [0.2, 0.25) is 0 Å². The molecule has 1 heterocycles. The minimum absolute atomic E-state index is 0.326. The summed E-state index contributed by atoms with van der Waals surface area (Å²) in [5.41, 5.74) is 0. The summed E-state index contributed by atoms with van der Waals surface area (Å²) in [4.78, 5) is 8.59. The zero-order chi connectivity index (χ0) is 15.1. The molecular formula is C15H26N4OS. The topological polar surface area (TPSA) is 59.1 Å². The molecule has 0 spiro atoms. The molecule has 1 saturated carbocycles. The molecule has 1 fully saturated rings. The highest BCUT2D eigenvalue weighted by molar-refractivity contribution is 8.00. The number of hydrogen-bond donors (Lipinski definition) is 2. The highest BCUT2D eigenvalue weighted by Crippen LogP contribution is 2.39. The average Bonchev–Trinajstić information content (AvgIpc) is 2.54. The van der Waals surface area contributed by atoms with Gasteiger partial charge in [0.1, 0.15) is 6.33 Å². The third-order valence-electron chi connectivity index (χ3n) is 4.13. The Bertz CT molecular complexity index is 449. The van der Waals surface area contributed by atoms with Crippen LogP contribution in [0, 0.1) is 0 Å². The van der Waals surface area contributed by atoms with E-state index in [-0.39, 0.29) is 0 Å². The molecule has 21 heavy (non-hydrogen) atoms. The number of methoxy groups -OCH3 is 1. The predicted octanol–water partition coefficient (Wildman–Crippen LogP) is 3.39. The van der Waals surface area contributed by atoms with E-state index in [1.165, 1.54) is 32.1 Å². The van der Waals surface area contributed by atoms with Crippen LogP contribution >= 0.6 is 11.8 Å². The summed E-state index contributed by atoms with van der Waals surface area (Å²) < 4.78 is 5.80. The fraction of sp³-hybridized carbons (Fsp3) is 0.733. The maximum absolute atomic E-state index is 5.48. The Kier molecular flexibility index (Phi) is 5.96. The van der Waals surface area contributed by atoms with Crippen molar-refractivity contribution in [2.24, 2.45) is 0 Å². The van der Waals surface area contributed by atoms with E-state index < -0.39 is 0 Å². The lowest BCUT2D eigenvalue weighted by Gasteiger charge is -2.36. The number of anilines is 2. The van der Waals surface area contributed by atoms with Crippen molar-refractivity contribution in [3.63, 3.8) is 0 Å². The normalized spacial score (nSPS) is 17.3. The van der Waals surface area contributed by atoms with E-state index in [1.54, 1.807) is 13.4 Å². The first kappa shape index (κ1) is 16.2. The number of thioether (sulfide) groups is 1. The maximum Gasteiger partial charge on any atom is 0.204 e. The van der Waals surface area contributed by atoms with Crippen molar-refractivity contribution >= 4 is 23.4 Å². The monoisotopic (exact) mass is 310 g/mol. The van der Waals surface area contributed by atoms with Gasteiger partial charge >= 0.3 is 0 Å². The third-order valence-corrected chi connectivity index (χ3v) is 5.55. The Hall–Kier alpha value is -1.17. The first-order valence-corrected chi connectivity index (χ1v) is 8.89. The van der Waals surface area contributed by atoms with Gasteiger partial charge in [0, 0.05) is 17.8 Å². The van der Waals surface area contributed by atoms with Gasteiger partial charge in [-0.1, -0.05) is 19.3 Å². The molecule has 0 unspecified atom stereocenters. The highest BCUT2D eigenvalue weighted by atomic mass is 32.2. The molecule has 1 aromatic rings. The van der Waals surface area contributed by atoms with Crippen LogP contribution in [-0.2, 0) is 0 Å². The SMILES string of the molecule is CCNc1ncnc(NCC2(SC)CCCCC2)c1OC. The van der Waals surface area contributed by atoms with Crippen molar-refractivity contribution in [1.29, 1.82) is 0 Å². The van der Waals surface area contributed by atoms with Crippen LogP contribution in [0.15, 0.2) is 6.33 Å². The van der Waals surface area contributed by atoms with Crippen LogP contribution in [0.1, 0.15) is 39.0 Å². The second-order valence-corrected chi connectivity index (χ2v) is 6.71. The van der Waals surface area contributed by atoms with Gasteiger partial charge in [0.05, 0.1) is 7.11 Å². The van der Waals surface area contributed by atoms with E-state index in [9.17, 15) is 0 Å². The molecule has 118 valence electrons.